The van der Waals surface area contributed by atoms with Gasteiger partial charge in [-0.2, -0.15) is 0 Å². The van der Waals surface area contributed by atoms with Crippen LogP contribution in [-0.4, -0.2) is 42.8 Å². The summed E-state index contributed by atoms with van der Waals surface area (Å²) in [5.74, 6) is 0.305. The molecule has 1 fully saturated rings. The summed E-state index contributed by atoms with van der Waals surface area (Å²) in [5.41, 5.74) is 1.88. The predicted octanol–water partition coefficient (Wildman–Crippen LogP) is 3.46. The maximum Gasteiger partial charge on any atom is 0.496 e. The average Bonchev–Trinajstić information content (AvgIpc) is 2.88. The maximum absolute atomic E-state index is 10.2. The normalized spacial score (nSPS) is 23.8. The number of hydrogen-bond acceptors (Lipinski definition) is 6. The summed E-state index contributed by atoms with van der Waals surface area (Å²) in [5, 5.41) is 10.7. The molecular weight excluding hydrogens is 391 g/mol. The fraction of sp³-hybridized carbons (Fsp3) is 0.381. The van der Waals surface area contributed by atoms with Gasteiger partial charge in [-0.3, -0.25) is 0 Å². The Morgan fingerprint density at radius 3 is 2.38 bits per heavy atom. The molecule has 0 bridgehead atoms. The van der Waals surface area contributed by atoms with Gasteiger partial charge in [0, 0.05) is 12.5 Å². The largest absolute Gasteiger partial charge is 0.496 e. The molecule has 0 amide bonds. The number of aliphatic hydroxyl groups is 1. The summed E-state index contributed by atoms with van der Waals surface area (Å²) in [6.45, 7) is 7.98. The Bertz CT molecular complexity index is 963. The zero-order chi connectivity index (χ0) is 21.0. The second-order valence-corrected chi connectivity index (χ2v) is 8.64. The third-order valence-corrected chi connectivity index (χ3v) is 6.21. The number of aliphatic imine (C=N–C) groups is 1. The first-order chi connectivity index (χ1) is 13.6. The highest BCUT2D eigenvalue weighted by atomic mass is 35.5. The molecule has 0 spiro atoms. The molecule has 2 aromatic carbocycles. The van der Waals surface area contributed by atoms with E-state index in [1.165, 1.54) is 0 Å². The summed E-state index contributed by atoms with van der Waals surface area (Å²) >= 11 is 6.69. The number of rotatable bonds is 2. The van der Waals surface area contributed by atoms with Gasteiger partial charge < -0.3 is 24.1 Å². The molecule has 1 N–H and O–H groups in total. The van der Waals surface area contributed by atoms with Gasteiger partial charge in [-0.1, -0.05) is 35.9 Å². The van der Waals surface area contributed by atoms with E-state index in [9.17, 15) is 5.11 Å². The van der Waals surface area contributed by atoms with E-state index in [-0.39, 0.29) is 0 Å². The van der Waals surface area contributed by atoms with Gasteiger partial charge in [0.2, 0.25) is 5.90 Å². The summed E-state index contributed by atoms with van der Waals surface area (Å²) in [7, 11) is 1.16. The Balaban J connectivity index is 1.73. The van der Waals surface area contributed by atoms with Crippen LogP contribution in [0, 0.1) is 0 Å². The molecule has 0 saturated carbocycles. The molecule has 2 aliphatic heterocycles. The van der Waals surface area contributed by atoms with Crippen molar-refractivity contribution in [1.29, 1.82) is 0 Å². The highest BCUT2D eigenvalue weighted by Crippen LogP contribution is 2.38. The molecule has 2 aliphatic rings. The summed E-state index contributed by atoms with van der Waals surface area (Å²) in [6, 6.07) is 13.1. The Morgan fingerprint density at radius 1 is 1.03 bits per heavy atom. The minimum Gasteiger partial charge on any atom is -0.429 e. The summed E-state index contributed by atoms with van der Waals surface area (Å²) < 4.78 is 17.9. The number of fused-ring (bicyclic) bond motifs is 1. The predicted molar refractivity (Wildman–Crippen MR) is 115 cm³/mol. The fourth-order valence-electron chi connectivity index (χ4n) is 3.29. The molecule has 2 aromatic rings. The quantitative estimate of drug-likeness (QED) is 0.763. The fourth-order valence-corrected chi connectivity index (χ4v) is 3.55. The Hall–Kier alpha value is -2.06. The van der Waals surface area contributed by atoms with Crippen LogP contribution < -0.4 is 10.4 Å². The lowest BCUT2D eigenvalue weighted by Gasteiger charge is -2.33. The highest BCUT2D eigenvalue weighted by Gasteiger charge is 2.52. The maximum atomic E-state index is 10.2. The van der Waals surface area contributed by atoms with Crippen LogP contribution >= 0.6 is 11.6 Å². The van der Waals surface area contributed by atoms with Crippen LogP contribution in [0.2, 0.25) is 5.02 Å². The standard InChI is InChI=1S/C21H24BClN2O4/c1-20(2)21(3,4)29-22(28-20)14-10-8-11-15(17(14)23)24-18-13-9-6-7-12-16(13)25(5)19(26)27-18/h6-12,19,26H,1-5H3. The molecule has 1 atom stereocenters. The van der Waals surface area contributed by atoms with E-state index >= 15 is 0 Å². The van der Waals surface area contributed by atoms with Crippen molar-refractivity contribution in [3.63, 3.8) is 0 Å². The van der Waals surface area contributed by atoms with Crippen LogP contribution in [0.25, 0.3) is 0 Å². The van der Waals surface area contributed by atoms with E-state index < -0.39 is 24.7 Å². The van der Waals surface area contributed by atoms with E-state index in [1.807, 2.05) is 64.1 Å². The molecule has 1 saturated heterocycles. The van der Waals surface area contributed by atoms with Gasteiger partial charge in [-0.05, 0) is 45.9 Å². The number of anilines is 1. The lowest BCUT2D eigenvalue weighted by molar-refractivity contribution is -0.0282. The van der Waals surface area contributed by atoms with Gasteiger partial charge in [0.05, 0.1) is 33.2 Å². The van der Waals surface area contributed by atoms with Crippen molar-refractivity contribution < 1.29 is 19.2 Å². The molecule has 2 heterocycles. The molecule has 29 heavy (non-hydrogen) atoms. The number of aliphatic hydroxyl groups excluding tert-OH is 1. The van der Waals surface area contributed by atoms with Crippen LogP contribution in [-0.2, 0) is 14.0 Å². The number of hydrogen-bond donors (Lipinski definition) is 1. The molecule has 1 unspecified atom stereocenters. The number of halogens is 1. The summed E-state index contributed by atoms with van der Waals surface area (Å²) in [6.07, 6.45) is -1.13. The summed E-state index contributed by atoms with van der Waals surface area (Å²) in [4.78, 5) is 6.25. The van der Waals surface area contributed by atoms with Gasteiger partial charge in [0.15, 0.2) is 0 Å². The minimum atomic E-state index is -1.13. The number of benzene rings is 2. The molecular formula is C21H24BClN2O4. The van der Waals surface area contributed by atoms with Gasteiger partial charge >= 0.3 is 7.12 Å². The van der Waals surface area contributed by atoms with Gasteiger partial charge in [0.25, 0.3) is 6.41 Å². The number of para-hydroxylation sites is 1. The Morgan fingerprint density at radius 2 is 1.69 bits per heavy atom. The van der Waals surface area contributed by atoms with Crippen LogP contribution in [0.5, 0.6) is 0 Å². The van der Waals surface area contributed by atoms with Crippen LogP contribution in [0.1, 0.15) is 33.3 Å². The first kappa shape index (κ1) is 20.2. The first-order valence-corrected chi connectivity index (χ1v) is 9.88. The van der Waals surface area contributed by atoms with Gasteiger partial charge in [0.1, 0.15) is 0 Å². The molecule has 8 heteroatoms. The van der Waals surface area contributed by atoms with Crippen molar-refractivity contribution in [2.45, 2.75) is 45.3 Å². The first-order valence-electron chi connectivity index (χ1n) is 9.50. The van der Waals surface area contributed by atoms with E-state index in [4.69, 9.17) is 25.6 Å². The Labute approximate surface area is 176 Å². The minimum absolute atomic E-state index is 0.305. The van der Waals surface area contributed by atoms with Crippen molar-refractivity contribution in [3.8, 4) is 0 Å². The van der Waals surface area contributed by atoms with E-state index in [2.05, 4.69) is 4.99 Å². The lowest BCUT2D eigenvalue weighted by Crippen LogP contribution is -2.41. The third-order valence-electron chi connectivity index (χ3n) is 5.80. The van der Waals surface area contributed by atoms with Crippen molar-refractivity contribution in [2.24, 2.45) is 4.99 Å². The third kappa shape index (κ3) is 3.42. The molecule has 0 aromatic heterocycles. The zero-order valence-electron chi connectivity index (χ0n) is 17.1. The van der Waals surface area contributed by atoms with E-state index in [1.54, 1.807) is 18.0 Å². The number of nitrogens with zero attached hydrogens (tertiary/aromatic N) is 2. The molecule has 4 rings (SSSR count). The SMILES string of the molecule is CN1c2ccccc2C(=Nc2cccc(B3OC(C)(C)C(C)(C)O3)c2Cl)OC1O. The van der Waals surface area contributed by atoms with Gasteiger partial charge in [-0.25, -0.2) is 4.99 Å². The Kier molecular flexibility index (Phi) is 4.90. The second-order valence-electron chi connectivity index (χ2n) is 8.26. The van der Waals surface area contributed by atoms with Crippen LogP contribution in [0.3, 0.4) is 0 Å². The molecule has 6 nitrogen and oxygen atoms in total. The average molecular weight is 415 g/mol. The van der Waals surface area contributed by atoms with Crippen LogP contribution in [0.15, 0.2) is 47.5 Å². The van der Waals surface area contributed by atoms with Crippen molar-refractivity contribution in [2.75, 3.05) is 11.9 Å². The molecule has 152 valence electrons. The second kappa shape index (κ2) is 7.02. The van der Waals surface area contributed by atoms with E-state index in [0.717, 1.165) is 11.3 Å². The topological polar surface area (TPSA) is 63.5 Å². The molecule has 0 aliphatic carbocycles. The van der Waals surface area contributed by atoms with Crippen molar-refractivity contribution >= 4 is 41.5 Å². The lowest BCUT2D eigenvalue weighted by atomic mass is 9.79. The number of ether oxygens (including phenoxy) is 1. The molecule has 0 radical (unpaired) electrons. The van der Waals surface area contributed by atoms with Gasteiger partial charge in [-0.15, -0.1) is 0 Å². The zero-order valence-corrected chi connectivity index (χ0v) is 17.9. The van der Waals surface area contributed by atoms with Crippen molar-refractivity contribution in [1.82, 2.24) is 0 Å². The monoisotopic (exact) mass is 414 g/mol. The van der Waals surface area contributed by atoms with Crippen molar-refractivity contribution in [3.05, 3.63) is 53.1 Å². The van der Waals surface area contributed by atoms with Crippen LogP contribution in [0.4, 0.5) is 11.4 Å². The smallest absolute Gasteiger partial charge is 0.429 e. The van der Waals surface area contributed by atoms with E-state index in [0.29, 0.717) is 22.1 Å². The highest BCUT2D eigenvalue weighted by molar-refractivity contribution is 6.66.